The largest absolute Gasteiger partial charge is 1.00 e. The van der Waals surface area contributed by atoms with Gasteiger partial charge in [-0.05, 0) is 31.5 Å². The third-order valence-corrected chi connectivity index (χ3v) is 14.2. The van der Waals surface area contributed by atoms with Gasteiger partial charge in [-0.2, -0.15) is 0 Å². The Morgan fingerprint density at radius 1 is 0.582 bits per heavy atom. The molecule has 5 rings (SSSR count). The van der Waals surface area contributed by atoms with Crippen molar-refractivity contribution in [2.45, 2.75) is 215 Å². The summed E-state index contributed by atoms with van der Waals surface area (Å²) in [7, 11) is -5.33. The summed E-state index contributed by atoms with van der Waals surface area (Å²) in [4.78, 5) is 51.3. The van der Waals surface area contributed by atoms with Crippen LogP contribution in [0.4, 0.5) is 0 Å². The number of carbonyl (C=O) groups excluding carboxylic acids is 4. The summed E-state index contributed by atoms with van der Waals surface area (Å²) in [5, 5.41) is 99.2. The zero-order valence-electron chi connectivity index (χ0n) is 45.3. The van der Waals surface area contributed by atoms with Crippen LogP contribution in [0.2, 0.25) is 0 Å². The van der Waals surface area contributed by atoms with E-state index < -0.39 is 183 Å². The normalized spacial score (nSPS) is 34.9. The Hall–Kier alpha value is -2.83. The van der Waals surface area contributed by atoms with Gasteiger partial charge in [0, 0.05) is 26.3 Å². The van der Waals surface area contributed by atoms with Crippen molar-refractivity contribution in [2.24, 2.45) is 0 Å². The number of benzene rings is 1. The summed E-state index contributed by atoms with van der Waals surface area (Å²) < 4.78 is 86.7. The molecular weight excluding hydrogens is 1080 g/mol. The van der Waals surface area contributed by atoms with Crippen molar-refractivity contribution in [3.05, 3.63) is 29.8 Å². The van der Waals surface area contributed by atoms with E-state index in [1.54, 1.807) is 12.1 Å². The number of nitrogens with one attached hydrogen (secondary N) is 4. The maximum absolute atomic E-state index is 13.8. The molecule has 20 atom stereocenters. The maximum atomic E-state index is 13.8. The van der Waals surface area contributed by atoms with Gasteiger partial charge in [0.05, 0.1) is 45.2 Å². The molecule has 4 heterocycles. The smallest absolute Gasteiger partial charge is 0.726 e. The molecule has 12 N–H and O–H groups in total. The predicted octanol–water partition coefficient (Wildman–Crippen LogP) is -6.41. The molecule has 79 heavy (non-hydrogen) atoms. The van der Waals surface area contributed by atoms with Crippen LogP contribution in [0.1, 0.15) is 103 Å². The van der Waals surface area contributed by atoms with Gasteiger partial charge in [-0.3, -0.25) is 23.4 Å². The quantitative estimate of drug-likeness (QED) is 0.0161. The Morgan fingerprint density at radius 3 is 1.48 bits per heavy atom. The molecule has 0 saturated carbocycles. The number of ether oxygens (including phenoxy) is 8. The molecule has 446 valence electrons. The summed E-state index contributed by atoms with van der Waals surface area (Å²) in [5.41, 5.74) is 0.0797. The first kappa shape index (κ1) is 68.7. The van der Waals surface area contributed by atoms with Gasteiger partial charge in [-0.15, -0.1) is 0 Å². The fraction of sp³-hybridized carbons (Fsp3) is 0.796. The van der Waals surface area contributed by atoms with Crippen LogP contribution in [0.15, 0.2) is 24.3 Å². The van der Waals surface area contributed by atoms with Crippen LogP contribution < -0.4 is 55.6 Å². The summed E-state index contributed by atoms with van der Waals surface area (Å²) in [5.74, 6) is -2.60. The van der Waals surface area contributed by atoms with Crippen molar-refractivity contribution in [3.8, 4) is 5.75 Å². The first-order chi connectivity index (χ1) is 37.0. The monoisotopic (exact) mass is 1160 g/mol. The van der Waals surface area contributed by atoms with Gasteiger partial charge in [-0.25, -0.2) is 8.42 Å². The zero-order valence-corrected chi connectivity index (χ0v) is 48.1. The minimum absolute atomic E-state index is 0. The Kier molecular flexibility index (Phi) is 28.6. The molecule has 0 spiro atoms. The number of hydrogen-bond donors (Lipinski definition) is 12. The molecule has 30 heteroatoms. The van der Waals surface area contributed by atoms with E-state index in [1.807, 2.05) is 0 Å². The molecule has 1 aromatic carbocycles. The van der Waals surface area contributed by atoms with E-state index in [9.17, 15) is 73.0 Å². The number of unbranched alkanes of at least 4 members (excludes halogenated alkanes) is 8. The molecule has 0 radical (unpaired) electrons. The Bertz CT molecular complexity index is 2180. The molecule has 8 unspecified atom stereocenters. The molecule has 0 bridgehead atoms. The van der Waals surface area contributed by atoms with Gasteiger partial charge in [-0.1, -0.05) is 64.4 Å². The number of aliphatic hydroxyl groups excluding tert-OH is 8. The number of carbonyl (C=O) groups is 4. The van der Waals surface area contributed by atoms with Gasteiger partial charge in [0.2, 0.25) is 28.1 Å². The molecule has 1 aromatic rings. The van der Waals surface area contributed by atoms with E-state index in [4.69, 9.17) is 37.9 Å². The molecular formula is C49H79N4NaO24S. The Labute approximate surface area is 481 Å². The van der Waals surface area contributed by atoms with E-state index in [0.717, 1.165) is 46.5 Å². The van der Waals surface area contributed by atoms with E-state index in [0.29, 0.717) is 12.4 Å². The number of hydrogen-bond acceptors (Lipinski definition) is 24. The Morgan fingerprint density at radius 2 is 1.01 bits per heavy atom. The van der Waals surface area contributed by atoms with E-state index >= 15 is 0 Å². The van der Waals surface area contributed by atoms with Crippen molar-refractivity contribution >= 4 is 34.0 Å². The van der Waals surface area contributed by atoms with Gasteiger partial charge < -0.3 is 105 Å². The second-order valence-corrected chi connectivity index (χ2v) is 20.9. The van der Waals surface area contributed by atoms with Crippen LogP contribution in [0.5, 0.6) is 5.75 Å². The van der Waals surface area contributed by atoms with Gasteiger partial charge in [0.25, 0.3) is 5.91 Å². The Balaban J connectivity index is 0.0000134. The van der Waals surface area contributed by atoms with Crippen molar-refractivity contribution in [3.63, 3.8) is 0 Å². The molecule has 4 aliphatic heterocycles. The average molecular weight is 1160 g/mol. The molecule has 4 fully saturated rings. The van der Waals surface area contributed by atoms with E-state index in [2.05, 4.69) is 32.4 Å². The van der Waals surface area contributed by atoms with Crippen LogP contribution >= 0.6 is 0 Å². The van der Waals surface area contributed by atoms with Crippen molar-refractivity contribution in [1.29, 1.82) is 0 Å². The van der Waals surface area contributed by atoms with E-state index in [1.165, 1.54) is 51.2 Å². The second kappa shape index (κ2) is 32.9. The molecule has 0 aromatic heterocycles. The second-order valence-electron chi connectivity index (χ2n) is 19.9. The minimum Gasteiger partial charge on any atom is -0.726 e. The summed E-state index contributed by atoms with van der Waals surface area (Å²) in [6.07, 6.45) is -17.6. The van der Waals surface area contributed by atoms with E-state index in [-0.39, 0.29) is 35.1 Å². The fourth-order valence-electron chi connectivity index (χ4n) is 9.89. The standard InChI is InChI=1S/C49H80N4O24S.Na/c1-6-7-8-9-10-11-12-13-14-18-69-29-17-15-16-28(19-29)46(65)53-35-39(61)38(60)30(20-54)72-47(35)75-43-31(21-55)73-48(36(41(43)63)51-26(4)58)76-44-32(22-56)74-49(37(42(44)64)52-27(5)59)77-45-33(23-70-78(66,67)68)71-24(2)34(40(45)62)50-25(3)57;/h15-17,19,24,30-45,47-49,54-56,60-64H,6-14,18,20-23H2,1-5H3,(H,50,57)(H,51,58)(H,52,59)(H,53,65)(H,66,67,68);/q;+1/p-1/t24-,30?,31-,32?,33-,34?,35?,36?,37?,38+,39+,40?,41?,42+,43+,44+,45+,47-,48-,49-;/m0./s1. The van der Waals surface area contributed by atoms with Crippen LogP contribution in [-0.4, -0.2) is 233 Å². The number of rotatable bonds is 28. The molecule has 0 aliphatic carbocycles. The number of amides is 4. The third-order valence-electron chi connectivity index (χ3n) is 13.8. The topological polar surface area (TPSA) is 419 Å². The first-order valence-corrected chi connectivity index (χ1v) is 27.6. The SMILES string of the molecule is CCCCCCCCCCCOc1cccc(C(=O)NC2[C@H](O[C@H]3C(O)C(NC(C)=O)[C@H](O[C@@H]4C(CO)O[C@@H](O[C@H]5C(O)C(NC(C)=O)[C@H](C)O[C@H]5COS(=O)(=O)[O-])C(NC(C)=O)[C@H]4O)O[C@H]3CO)OC(CO)[C@@H](O)[C@@H]2O)c1.[Na+]. The number of aliphatic hydroxyl groups is 8. The van der Waals surface area contributed by atoms with Crippen molar-refractivity contribution in [2.75, 3.05) is 33.0 Å². The molecule has 4 saturated heterocycles. The van der Waals surface area contributed by atoms with Crippen LogP contribution in [0.3, 0.4) is 0 Å². The van der Waals surface area contributed by atoms with Crippen LogP contribution in [0, 0.1) is 0 Å². The summed E-state index contributed by atoms with van der Waals surface area (Å²) in [6, 6.07) is -0.0623. The minimum atomic E-state index is -5.33. The van der Waals surface area contributed by atoms with Crippen molar-refractivity contribution in [1.82, 2.24) is 21.3 Å². The summed E-state index contributed by atoms with van der Waals surface area (Å²) >= 11 is 0. The fourth-order valence-corrected chi connectivity index (χ4v) is 10.2. The average Bonchev–Trinajstić information content (AvgIpc) is 3.47. The van der Waals surface area contributed by atoms with Gasteiger partial charge in [0.1, 0.15) is 97.1 Å². The zero-order chi connectivity index (χ0) is 57.4. The van der Waals surface area contributed by atoms with Crippen LogP contribution in [-0.2, 0) is 62.1 Å². The molecule has 28 nitrogen and oxygen atoms in total. The molecule has 4 aliphatic rings. The third kappa shape index (κ3) is 19.6. The molecule has 4 amide bonds. The first-order valence-electron chi connectivity index (χ1n) is 26.3. The van der Waals surface area contributed by atoms with Gasteiger partial charge in [0.15, 0.2) is 18.9 Å². The predicted molar refractivity (Wildman–Crippen MR) is 265 cm³/mol. The maximum Gasteiger partial charge on any atom is 1.00 e. The van der Waals surface area contributed by atoms with Gasteiger partial charge >= 0.3 is 29.6 Å². The van der Waals surface area contributed by atoms with Crippen LogP contribution in [0.25, 0.3) is 0 Å². The summed E-state index contributed by atoms with van der Waals surface area (Å²) in [6.45, 7) is 3.39. The van der Waals surface area contributed by atoms with Crippen molar-refractivity contribution < 1.29 is 145 Å².